The van der Waals surface area contributed by atoms with Crippen molar-refractivity contribution < 1.29 is 4.79 Å². The summed E-state index contributed by atoms with van der Waals surface area (Å²) in [6, 6.07) is 5.93. The maximum absolute atomic E-state index is 12.7. The highest BCUT2D eigenvalue weighted by atomic mass is 16.2. The number of nitrogens with zero attached hydrogens (tertiary/aromatic N) is 4. The summed E-state index contributed by atoms with van der Waals surface area (Å²) in [5, 5.41) is 7.74. The minimum atomic E-state index is -0.126. The van der Waals surface area contributed by atoms with Gasteiger partial charge in [0.25, 0.3) is 0 Å². The van der Waals surface area contributed by atoms with E-state index in [1.54, 1.807) is 4.68 Å². The van der Waals surface area contributed by atoms with Gasteiger partial charge in [-0.2, -0.15) is 5.10 Å². The number of hydrogen-bond donors (Lipinski definition) is 1. The van der Waals surface area contributed by atoms with Gasteiger partial charge in [0.15, 0.2) is 0 Å². The van der Waals surface area contributed by atoms with Gasteiger partial charge in [0.05, 0.1) is 11.7 Å². The molecule has 0 aliphatic carbocycles. The third-order valence-electron chi connectivity index (χ3n) is 4.27. The fourth-order valence-corrected chi connectivity index (χ4v) is 3.05. The van der Waals surface area contributed by atoms with E-state index in [9.17, 15) is 4.79 Å². The van der Waals surface area contributed by atoms with Gasteiger partial charge in [-0.1, -0.05) is 0 Å². The van der Waals surface area contributed by atoms with Gasteiger partial charge in [0.1, 0.15) is 5.82 Å². The van der Waals surface area contributed by atoms with Crippen molar-refractivity contribution in [2.45, 2.75) is 32.4 Å². The normalized spacial score (nSPS) is 19.0. The van der Waals surface area contributed by atoms with Crippen LogP contribution in [0.4, 0.5) is 5.82 Å². The molecule has 3 rings (SSSR count). The number of aromatic nitrogens is 3. The average Bonchev–Trinajstić information content (AvgIpc) is 3.03. The van der Waals surface area contributed by atoms with E-state index in [0.717, 1.165) is 30.9 Å². The Morgan fingerprint density at radius 3 is 2.86 bits per heavy atom. The summed E-state index contributed by atoms with van der Waals surface area (Å²) in [6.07, 6.45) is 3.90. The van der Waals surface area contributed by atoms with E-state index in [1.807, 2.05) is 44.2 Å². The SMILES string of the molecule is Cc1cc(N2CCCC(NCc3cccn3C)C2=O)n(C)n1. The van der Waals surface area contributed by atoms with Crippen LogP contribution in [0.5, 0.6) is 0 Å². The Morgan fingerprint density at radius 1 is 1.41 bits per heavy atom. The predicted molar refractivity (Wildman–Crippen MR) is 85.6 cm³/mol. The molecular formula is C16H23N5O. The van der Waals surface area contributed by atoms with Gasteiger partial charge in [-0.25, -0.2) is 0 Å². The number of hydrogen-bond acceptors (Lipinski definition) is 3. The molecule has 1 aliphatic rings. The maximum atomic E-state index is 12.7. The van der Waals surface area contributed by atoms with Crippen molar-refractivity contribution in [1.82, 2.24) is 19.7 Å². The summed E-state index contributed by atoms with van der Waals surface area (Å²) in [5.74, 6) is 1.02. The highest BCUT2D eigenvalue weighted by Crippen LogP contribution is 2.21. The van der Waals surface area contributed by atoms with E-state index < -0.39 is 0 Å². The number of aryl methyl sites for hydroxylation is 3. The third-order valence-corrected chi connectivity index (χ3v) is 4.27. The standard InChI is InChI=1S/C16H23N5O/c1-12-10-15(20(3)18-12)21-9-5-7-14(16(21)22)17-11-13-6-4-8-19(13)2/h4,6,8,10,14,17H,5,7,9,11H2,1-3H3. The molecule has 0 spiro atoms. The highest BCUT2D eigenvalue weighted by molar-refractivity contribution is 5.97. The molecule has 0 bridgehead atoms. The van der Waals surface area contributed by atoms with Gasteiger partial charge in [-0.05, 0) is 31.9 Å². The van der Waals surface area contributed by atoms with Crippen LogP contribution in [0, 0.1) is 6.92 Å². The number of piperidine rings is 1. The van der Waals surface area contributed by atoms with Crippen LogP contribution in [0.2, 0.25) is 0 Å². The van der Waals surface area contributed by atoms with Crippen LogP contribution in [0.15, 0.2) is 24.4 Å². The Hall–Kier alpha value is -2.08. The molecule has 1 atom stereocenters. The maximum Gasteiger partial charge on any atom is 0.245 e. The Labute approximate surface area is 130 Å². The summed E-state index contributed by atoms with van der Waals surface area (Å²) in [5.41, 5.74) is 2.12. The van der Waals surface area contributed by atoms with Crippen molar-refractivity contribution in [3.05, 3.63) is 35.8 Å². The molecule has 1 amide bonds. The third kappa shape index (κ3) is 2.78. The Bertz CT molecular complexity index is 672. The van der Waals surface area contributed by atoms with Crippen LogP contribution in [-0.2, 0) is 25.4 Å². The topological polar surface area (TPSA) is 55.1 Å². The first kappa shape index (κ1) is 14.8. The molecule has 0 saturated carbocycles. The second-order valence-electron chi connectivity index (χ2n) is 5.94. The zero-order chi connectivity index (χ0) is 15.7. The molecule has 1 N–H and O–H groups in total. The molecule has 6 heteroatoms. The lowest BCUT2D eigenvalue weighted by Gasteiger charge is -2.32. The first-order valence-electron chi connectivity index (χ1n) is 7.72. The van der Waals surface area contributed by atoms with Gasteiger partial charge in [0.2, 0.25) is 5.91 Å². The van der Waals surface area contributed by atoms with Crippen molar-refractivity contribution in [3.8, 4) is 0 Å². The molecule has 118 valence electrons. The second kappa shape index (κ2) is 5.96. The molecule has 3 heterocycles. The van der Waals surface area contributed by atoms with Crippen LogP contribution < -0.4 is 10.2 Å². The lowest BCUT2D eigenvalue weighted by molar-refractivity contribution is -0.121. The molecule has 1 aliphatic heterocycles. The molecule has 6 nitrogen and oxygen atoms in total. The Balaban J connectivity index is 1.70. The van der Waals surface area contributed by atoms with Crippen LogP contribution >= 0.6 is 0 Å². The summed E-state index contributed by atoms with van der Waals surface area (Å²) in [4.78, 5) is 14.6. The summed E-state index contributed by atoms with van der Waals surface area (Å²) in [7, 11) is 3.90. The summed E-state index contributed by atoms with van der Waals surface area (Å²) < 4.78 is 3.86. The Kier molecular flexibility index (Phi) is 4.02. The molecule has 2 aromatic rings. The van der Waals surface area contributed by atoms with E-state index in [-0.39, 0.29) is 11.9 Å². The summed E-state index contributed by atoms with van der Waals surface area (Å²) >= 11 is 0. The minimum absolute atomic E-state index is 0.126. The molecule has 1 unspecified atom stereocenters. The van der Waals surface area contributed by atoms with Crippen molar-refractivity contribution in [3.63, 3.8) is 0 Å². The van der Waals surface area contributed by atoms with Gasteiger partial charge < -0.3 is 9.88 Å². The van der Waals surface area contributed by atoms with Crippen molar-refractivity contribution in [1.29, 1.82) is 0 Å². The number of amides is 1. The van der Waals surface area contributed by atoms with Crippen molar-refractivity contribution >= 4 is 11.7 Å². The fourth-order valence-electron chi connectivity index (χ4n) is 3.05. The minimum Gasteiger partial charge on any atom is -0.353 e. The number of carbonyl (C=O) groups is 1. The van der Waals surface area contributed by atoms with E-state index in [1.165, 1.54) is 5.69 Å². The van der Waals surface area contributed by atoms with E-state index in [2.05, 4.69) is 21.0 Å². The van der Waals surface area contributed by atoms with Crippen LogP contribution in [0.25, 0.3) is 0 Å². The first-order chi connectivity index (χ1) is 10.6. The van der Waals surface area contributed by atoms with Gasteiger partial charge in [-0.15, -0.1) is 0 Å². The lowest BCUT2D eigenvalue weighted by atomic mass is 10.0. The lowest BCUT2D eigenvalue weighted by Crippen LogP contribution is -2.51. The van der Waals surface area contributed by atoms with Crippen LogP contribution in [0.1, 0.15) is 24.2 Å². The molecule has 0 aromatic carbocycles. The number of carbonyl (C=O) groups excluding carboxylic acids is 1. The second-order valence-corrected chi connectivity index (χ2v) is 5.94. The van der Waals surface area contributed by atoms with E-state index in [4.69, 9.17) is 0 Å². The monoisotopic (exact) mass is 301 g/mol. The predicted octanol–water partition coefficient (Wildman–Crippen LogP) is 1.35. The zero-order valence-electron chi connectivity index (χ0n) is 13.4. The van der Waals surface area contributed by atoms with E-state index in [0.29, 0.717) is 6.54 Å². The molecule has 1 fully saturated rings. The van der Waals surface area contributed by atoms with Gasteiger partial charge in [-0.3, -0.25) is 14.4 Å². The molecule has 22 heavy (non-hydrogen) atoms. The molecule has 0 radical (unpaired) electrons. The number of anilines is 1. The van der Waals surface area contributed by atoms with Gasteiger partial charge in [0, 0.05) is 45.1 Å². The van der Waals surface area contributed by atoms with Crippen molar-refractivity contribution in [2.75, 3.05) is 11.4 Å². The molecule has 2 aromatic heterocycles. The number of rotatable bonds is 4. The quantitative estimate of drug-likeness (QED) is 0.927. The van der Waals surface area contributed by atoms with Crippen LogP contribution in [-0.4, -0.2) is 32.8 Å². The smallest absolute Gasteiger partial charge is 0.245 e. The van der Waals surface area contributed by atoms with Crippen molar-refractivity contribution in [2.24, 2.45) is 14.1 Å². The molecule has 1 saturated heterocycles. The highest BCUT2D eigenvalue weighted by Gasteiger charge is 2.30. The Morgan fingerprint density at radius 2 is 2.23 bits per heavy atom. The summed E-state index contributed by atoms with van der Waals surface area (Å²) in [6.45, 7) is 3.42. The fraction of sp³-hybridized carbons (Fsp3) is 0.500. The van der Waals surface area contributed by atoms with E-state index >= 15 is 0 Å². The van der Waals surface area contributed by atoms with Crippen LogP contribution in [0.3, 0.4) is 0 Å². The number of nitrogens with one attached hydrogen (secondary N) is 1. The van der Waals surface area contributed by atoms with Gasteiger partial charge >= 0.3 is 0 Å². The zero-order valence-corrected chi connectivity index (χ0v) is 13.4. The first-order valence-corrected chi connectivity index (χ1v) is 7.72. The molecular weight excluding hydrogens is 278 g/mol. The average molecular weight is 301 g/mol. The largest absolute Gasteiger partial charge is 0.353 e.